The lowest BCUT2D eigenvalue weighted by Gasteiger charge is -2.23. The van der Waals surface area contributed by atoms with E-state index in [2.05, 4.69) is 22.8 Å². The standard InChI is InChI=1S/C26H32N2O3/c1-18(31-22-16-15-19-9-5-6-10-20(19)17-22)25(29)28-24-14-8-7-13-23(24)26(30)27-21-11-3-2-4-12-21/h7-8,13-18,21H,2-6,9-12H2,1H3,(H,27,30)(H,28,29). The summed E-state index contributed by atoms with van der Waals surface area (Å²) >= 11 is 0. The summed E-state index contributed by atoms with van der Waals surface area (Å²) in [6.07, 6.45) is 9.53. The smallest absolute Gasteiger partial charge is 0.265 e. The van der Waals surface area contributed by atoms with Crippen LogP contribution in [-0.2, 0) is 17.6 Å². The van der Waals surface area contributed by atoms with Crippen LogP contribution >= 0.6 is 0 Å². The van der Waals surface area contributed by atoms with E-state index in [1.807, 2.05) is 18.2 Å². The van der Waals surface area contributed by atoms with Crippen molar-refractivity contribution in [2.45, 2.75) is 76.9 Å². The van der Waals surface area contributed by atoms with Crippen LogP contribution in [0.3, 0.4) is 0 Å². The van der Waals surface area contributed by atoms with E-state index < -0.39 is 6.10 Å². The second-order valence-corrected chi connectivity index (χ2v) is 8.74. The summed E-state index contributed by atoms with van der Waals surface area (Å²) in [6.45, 7) is 1.74. The first-order chi connectivity index (χ1) is 15.1. The molecule has 2 amide bonds. The van der Waals surface area contributed by atoms with Gasteiger partial charge in [0, 0.05) is 6.04 Å². The predicted molar refractivity (Wildman–Crippen MR) is 123 cm³/mol. The fraction of sp³-hybridized carbons (Fsp3) is 0.462. The Balaban J connectivity index is 1.39. The Morgan fingerprint density at radius 2 is 1.68 bits per heavy atom. The summed E-state index contributed by atoms with van der Waals surface area (Å²) < 4.78 is 5.92. The number of ether oxygens (including phenoxy) is 1. The van der Waals surface area contributed by atoms with E-state index in [0.717, 1.165) is 38.5 Å². The molecule has 1 fully saturated rings. The van der Waals surface area contributed by atoms with Crippen LogP contribution in [-0.4, -0.2) is 24.0 Å². The maximum Gasteiger partial charge on any atom is 0.265 e. The van der Waals surface area contributed by atoms with Crippen molar-refractivity contribution in [1.29, 1.82) is 0 Å². The zero-order valence-electron chi connectivity index (χ0n) is 18.3. The molecule has 2 N–H and O–H groups in total. The van der Waals surface area contributed by atoms with Crippen molar-refractivity contribution in [1.82, 2.24) is 5.32 Å². The molecule has 0 aromatic heterocycles. The highest BCUT2D eigenvalue weighted by Crippen LogP contribution is 2.26. The molecule has 1 saturated carbocycles. The van der Waals surface area contributed by atoms with Crippen molar-refractivity contribution in [3.05, 3.63) is 59.2 Å². The van der Waals surface area contributed by atoms with E-state index in [4.69, 9.17) is 4.74 Å². The van der Waals surface area contributed by atoms with Gasteiger partial charge >= 0.3 is 0 Å². The molecule has 2 aromatic rings. The Morgan fingerprint density at radius 3 is 2.48 bits per heavy atom. The van der Waals surface area contributed by atoms with Crippen LogP contribution in [0.4, 0.5) is 5.69 Å². The summed E-state index contributed by atoms with van der Waals surface area (Å²) in [5.74, 6) is 0.313. The first kappa shape index (κ1) is 21.4. The van der Waals surface area contributed by atoms with Gasteiger partial charge in [-0.15, -0.1) is 0 Å². The normalized spacial score (nSPS) is 17.3. The maximum absolute atomic E-state index is 12.8. The van der Waals surface area contributed by atoms with Crippen LogP contribution in [0.2, 0.25) is 0 Å². The number of hydrogen-bond donors (Lipinski definition) is 2. The Morgan fingerprint density at radius 1 is 0.935 bits per heavy atom. The van der Waals surface area contributed by atoms with Crippen LogP contribution in [0.5, 0.6) is 5.75 Å². The second kappa shape index (κ2) is 9.99. The van der Waals surface area contributed by atoms with Crippen LogP contribution in [0, 0.1) is 0 Å². The minimum atomic E-state index is -0.670. The van der Waals surface area contributed by atoms with Gasteiger partial charge in [0.1, 0.15) is 5.75 Å². The van der Waals surface area contributed by atoms with Crippen molar-refractivity contribution in [2.75, 3.05) is 5.32 Å². The van der Waals surface area contributed by atoms with Gasteiger partial charge in [0.2, 0.25) is 0 Å². The van der Waals surface area contributed by atoms with E-state index in [0.29, 0.717) is 17.0 Å². The lowest BCUT2D eigenvalue weighted by atomic mass is 9.92. The number of aryl methyl sites for hydroxylation is 2. The van der Waals surface area contributed by atoms with Crippen molar-refractivity contribution in [3.8, 4) is 5.75 Å². The van der Waals surface area contributed by atoms with Gasteiger partial charge in [0.15, 0.2) is 6.10 Å². The number of hydrogen-bond acceptors (Lipinski definition) is 3. The average molecular weight is 421 g/mol. The van der Waals surface area contributed by atoms with Gasteiger partial charge in [-0.1, -0.05) is 37.5 Å². The van der Waals surface area contributed by atoms with E-state index in [1.165, 1.54) is 30.4 Å². The summed E-state index contributed by atoms with van der Waals surface area (Å²) in [6, 6.07) is 13.5. The van der Waals surface area contributed by atoms with Gasteiger partial charge < -0.3 is 15.4 Å². The van der Waals surface area contributed by atoms with Crippen molar-refractivity contribution < 1.29 is 14.3 Å². The molecule has 0 saturated heterocycles. The molecule has 1 unspecified atom stereocenters. The van der Waals surface area contributed by atoms with Crippen molar-refractivity contribution >= 4 is 17.5 Å². The van der Waals surface area contributed by atoms with E-state index in [-0.39, 0.29) is 17.9 Å². The quantitative estimate of drug-likeness (QED) is 0.688. The predicted octanol–water partition coefficient (Wildman–Crippen LogP) is 5.03. The molecule has 4 rings (SSSR count). The monoisotopic (exact) mass is 420 g/mol. The van der Waals surface area contributed by atoms with Crippen LogP contribution in [0.25, 0.3) is 0 Å². The molecule has 164 valence electrons. The third kappa shape index (κ3) is 5.46. The molecule has 2 aliphatic rings. The van der Waals surface area contributed by atoms with E-state index in [1.54, 1.807) is 19.1 Å². The number of amides is 2. The first-order valence-corrected chi connectivity index (χ1v) is 11.6. The SMILES string of the molecule is CC(Oc1ccc2c(c1)CCCC2)C(=O)Nc1ccccc1C(=O)NC1CCCCC1. The fourth-order valence-electron chi connectivity index (χ4n) is 4.58. The number of anilines is 1. The molecule has 0 bridgehead atoms. The molecular weight excluding hydrogens is 388 g/mol. The highest BCUT2D eigenvalue weighted by atomic mass is 16.5. The zero-order chi connectivity index (χ0) is 21.6. The summed E-state index contributed by atoms with van der Waals surface area (Å²) in [7, 11) is 0. The molecule has 1 atom stereocenters. The molecule has 0 radical (unpaired) electrons. The summed E-state index contributed by atoms with van der Waals surface area (Å²) in [5.41, 5.74) is 3.71. The van der Waals surface area contributed by atoms with Crippen molar-refractivity contribution in [3.63, 3.8) is 0 Å². The fourth-order valence-corrected chi connectivity index (χ4v) is 4.58. The third-order valence-electron chi connectivity index (χ3n) is 6.37. The highest BCUT2D eigenvalue weighted by Gasteiger charge is 2.21. The number of carbonyl (C=O) groups excluding carboxylic acids is 2. The van der Waals surface area contributed by atoms with Gasteiger partial charge in [0.25, 0.3) is 11.8 Å². The van der Waals surface area contributed by atoms with Crippen LogP contribution in [0.15, 0.2) is 42.5 Å². The van der Waals surface area contributed by atoms with Crippen LogP contribution in [0.1, 0.15) is 73.4 Å². The average Bonchev–Trinajstić information content (AvgIpc) is 2.80. The van der Waals surface area contributed by atoms with Crippen molar-refractivity contribution in [2.24, 2.45) is 0 Å². The molecule has 2 aliphatic carbocycles. The molecule has 2 aromatic carbocycles. The Labute approximate surface area is 184 Å². The summed E-state index contributed by atoms with van der Waals surface area (Å²) in [4.78, 5) is 25.6. The molecule has 0 heterocycles. The van der Waals surface area contributed by atoms with E-state index >= 15 is 0 Å². The minimum Gasteiger partial charge on any atom is -0.481 e. The van der Waals surface area contributed by atoms with Gasteiger partial charge in [-0.25, -0.2) is 0 Å². The largest absolute Gasteiger partial charge is 0.481 e. The molecule has 5 nitrogen and oxygen atoms in total. The van der Waals surface area contributed by atoms with Gasteiger partial charge in [-0.2, -0.15) is 0 Å². The van der Waals surface area contributed by atoms with E-state index in [9.17, 15) is 9.59 Å². The molecule has 31 heavy (non-hydrogen) atoms. The highest BCUT2D eigenvalue weighted by molar-refractivity contribution is 6.04. The van der Waals surface area contributed by atoms with Crippen LogP contribution < -0.4 is 15.4 Å². The topological polar surface area (TPSA) is 67.4 Å². The molecule has 0 spiro atoms. The lowest BCUT2D eigenvalue weighted by molar-refractivity contribution is -0.122. The number of fused-ring (bicyclic) bond motifs is 1. The number of nitrogens with one attached hydrogen (secondary N) is 2. The first-order valence-electron chi connectivity index (χ1n) is 11.6. The molecule has 5 heteroatoms. The van der Waals surface area contributed by atoms with Gasteiger partial charge in [-0.05, 0) is 80.8 Å². The van der Waals surface area contributed by atoms with Gasteiger partial charge in [0.05, 0.1) is 11.3 Å². The number of benzene rings is 2. The maximum atomic E-state index is 12.8. The molecule has 0 aliphatic heterocycles. The second-order valence-electron chi connectivity index (χ2n) is 8.74. The number of para-hydroxylation sites is 1. The number of rotatable bonds is 6. The number of carbonyl (C=O) groups is 2. The molecular formula is C26H32N2O3. The Hall–Kier alpha value is -2.82. The Bertz CT molecular complexity index is 934. The lowest BCUT2D eigenvalue weighted by Crippen LogP contribution is -2.37. The minimum absolute atomic E-state index is 0.133. The summed E-state index contributed by atoms with van der Waals surface area (Å²) in [5, 5.41) is 6.01. The van der Waals surface area contributed by atoms with Gasteiger partial charge in [-0.3, -0.25) is 9.59 Å². The zero-order valence-corrected chi connectivity index (χ0v) is 18.3. The third-order valence-corrected chi connectivity index (χ3v) is 6.37. The Kier molecular flexibility index (Phi) is 6.90.